The lowest BCUT2D eigenvalue weighted by atomic mass is 9.98. The van der Waals surface area contributed by atoms with E-state index in [0.717, 1.165) is 36.6 Å². The second kappa shape index (κ2) is 5.89. The van der Waals surface area contributed by atoms with Crippen LogP contribution in [0.4, 0.5) is 0 Å². The highest BCUT2D eigenvalue weighted by Crippen LogP contribution is 2.30. The summed E-state index contributed by atoms with van der Waals surface area (Å²) in [5, 5.41) is 1.14. The number of nitrogens with zero attached hydrogens (tertiary/aromatic N) is 4. The molecule has 21 heavy (non-hydrogen) atoms. The maximum absolute atomic E-state index is 12.5. The van der Waals surface area contributed by atoms with Crippen molar-refractivity contribution in [2.75, 3.05) is 13.1 Å². The molecule has 5 nitrogen and oxygen atoms in total. The van der Waals surface area contributed by atoms with Crippen molar-refractivity contribution in [2.45, 2.75) is 32.6 Å². The standard InChI is InChI=1S/C15H18N4OS/c1-10-6-17-13(8-16-10)15(20)19-5-3-4-12(9-19)14-18-7-11(2)21-14/h6-8,12H,3-5,9H2,1-2H3/t12-/m0/s1. The molecule has 0 aliphatic carbocycles. The number of piperidine rings is 1. The molecule has 1 aliphatic heterocycles. The van der Waals surface area contributed by atoms with E-state index in [2.05, 4.69) is 21.9 Å². The molecule has 3 heterocycles. The summed E-state index contributed by atoms with van der Waals surface area (Å²) in [5.41, 5.74) is 1.25. The topological polar surface area (TPSA) is 59.0 Å². The molecule has 0 N–H and O–H groups in total. The predicted octanol–water partition coefficient (Wildman–Crippen LogP) is 2.57. The molecule has 3 rings (SSSR count). The van der Waals surface area contributed by atoms with E-state index in [1.807, 2.05) is 18.0 Å². The van der Waals surface area contributed by atoms with Crippen LogP contribution in [0.15, 0.2) is 18.6 Å². The van der Waals surface area contributed by atoms with Crippen molar-refractivity contribution in [3.63, 3.8) is 0 Å². The molecule has 6 heteroatoms. The minimum absolute atomic E-state index is 0.0273. The van der Waals surface area contributed by atoms with Gasteiger partial charge in [-0.3, -0.25) is 9.78 Å². The Labute approximate surface area is 128 Å². The van der Waals surface area contributed by atoms with Gasteiger partial charge in [-0.15, -0.1) is 11.3 Å². The third kappa shape index (κ3) is 3.10. The van der Waals surface area contributed by atoms with E-state index in [1.54, 1.807) is 23.7 Å². The Kier molecular flexibility index (Phi) is 3.96. The lowest BCUT2D eigenvalue weighted by Gasteiger charge is -2.31. The largest absolute Gasteiger partial charge is 0.337 e. The van der Waals surface area contributed by atoms with Crippen molar-refractivity contribution < 1.29 is 4.79 Å². The number of aromatic nitrogens is 3. The van der Waals surface area contributed by atoms with Crippen LogP contribution in [0.25, 0.3) is 0 Å². The van der Waals surface area contributed by atoms with Gasteiger partial charge in [0.05, 0.1) is 16.9 Å². The zero-order chi connectivity index (χ0) is 14.8. The third-order valence-corrected chi connectivity index (χ3v) is 4.77. The minimum atomic E-state index is -0.0273. The number of rotatable bonds is 2. The molecule has 0 aromatic carbocycles. The molecule has 1 amide bonds. The quantitative estimate of drug-likeness (QED) is 0.855. The molecule has 1 atom stereocenters. The zero-order valence-electron chi connectivity index (χ0n) is 12.2. The average Bonchev–Trinajstić information content (AvgIpc) is 2.94. The van der Waals surface area contributed by atoms with Gasteiger partial charge < -0.3 is 4.90 Å². The maximum Gasteiger partial charge on any atom is 0.274 e. The fraction of sp³-hybridized carbons (Fsp3) is 0.467. The summed E-state index contributed by atoms with van der Waals surface area (Å²) in [6.07, 6.45) is 7.21. The number of amides is 1. The minimum Gasteiger partial charge on any atom is -0.337 e. The molecule has 0 spiro atoms. The van der Waals surface area contributed by atoms with Gasteiger partial charge in [0.1, 0.15) is 5.69 Å². The zero-order valence-corrected chi connectivity index (χ0v) is 13.1. The normalized spacial score (nSPS) is 18.8. The Bertz CT molecular complexity index is 637. The number of hydrogen-bond acceptors (Lipinski definition) is 5. The highest BCUT2D eigenvalue weighted by molar-refractivity contribution is 7.11. The van der Waals surface area contributed by atoms with Crippen LogP contribution < -0.4 is 0 Å². The van der Waals surface area contributed by atoms with Crippen LogP contribution in [0.1, 0.15) is 44.8 Å². The Morgan fingerprint density at radius 2 is 2.10 bits per heavy atom. The smallest absolute Gasteiger partial charge is 0.274 e. The van der Waals surface area contributed by atoms with E-state index < -0.39 is 0 Å². The van der Waals surface area contributed by atoms with E-state index in [4.69, 9.17) is 0 Å². The van der Waals surface area contributed by atoms with Crippen LogP contribution >= 0.6 is 11.3 Å². The third-order valence-electron chi connectivity index (χ3n) is 3.70. The van der Waals surface area contributed by atoms with Crippen molar-refractivity contribution in [1.82, 2.24) is 19.9 Å². The SMILES string of the molecule is Cc1cnc(C(=O)N2CCC[C@H](c3ncc(C)s3)C2)cn1. The fourth-order valence-electron chi connectivity index (χ4n) is 2.59. The molecule has 0 unspecified atom stereocenters. The number of likely N-dealkylation sites (tertiary alicyclic amines) is 1. The van der Waals surface area contributed by atoms with E-state index in [1.165, 1.54) is 4.88 Å². The van der Waals surface area contributed by atoms with Crippen molar-refractivity contribution in [3.8, 4) is 0 Å². The van der Waals surface area contributed by atoms with Crippen molar-refractivity contribution >= 4 is 17.2 Å². The second-order valence-electron chi connectivity index (χ2n) is 5.44. The molecule has 1 aliphatic rings. The predicted molar refractivity (Wildman–Crippen MR) is 81.5 cm³/mol. The monoisotopic (exact) mass is 302 g/mol. The Morgan fingerprint density at radius 1 is 1.24 bits per heavy atom. The highest BCUT2D eigenvalue weighted by atomic mass is 32.1. The molecule has 0 saturated carbocycles. The van der Waals surface area contributed by atoms with Gasteiger partial charge in [0.2, 0.25) is 0 Å². The van der Waals surface area contributed by atoms with Gasteiger partial charge in [-0.1, -0.05) is 0 Å². The van der Waals surface area contributed by atoms with Gasteiger partial charge in [-0.25, -0.2) is 9.97 Å². The number of aryl methyl sites for hydroxylation is 2. The van der Waals surface area contributed by atoms with Gasteiger partial charge in [0, 0.05) is 36.3 Å². The van der Waals surface area contributed by atoms with Gasteiger partial charge in [-0.05, 0) is 26.7 Å². The first-order valence-corrected chi connectivity index (χ1v) is 7.95. The van der Waals surface area contributed by atoms with Gasteiger partial charge >= 0.3 is 0 Å². The Morgan fingerprint density at radius 3 is 2.76 bits per heavy atom. The molecular formula is C15H18N4OS. The number of carbonyl (C=O) groups excluding carboxylic acids is 1. The molecule has 0 bridgehead atoms. The van der Waals surface area contributed by atoms with Gasteiger partial charge in [-0.2, -0.15) is 0 Å². The first kappa shape index (κ1) is 14.1. The first-order chi connectivity index (χ1) is 10.1. The molecule has 2 aromatic rings. The van der Waals surface area contributed by atoms with Gasteiger partial charge in [0.15, 0.2) is 0 Å². The Hall–Kier alpha value is -1.82. The summed E-state index contributed by atoms with van der Waals surface area (Å²) in [4.78, 5) is 28.4. The summed E-state index contributed by atoms with van der Waals surface area (Å²) in [6.45, 7) is 5.44. The second-order valence-corrected chi connectivity index (χ2v) is 6.71. The molecule has 1 saturated heterocycles. The molecule has 2 aromatic heterocycles. The van der Waals surface area contributed by atoms with E-state index >= 15 is 0 Å². The number of hydrogen-bond donors (Lipinski definition) is 0. The van der Waals surface area contributed by atoms with Crippen LogP contribution in [-0.2, 0) is 0 Å². The summed E-state index contributed by atoms with van der Waals surface area (Å²) >= 11 is 1.73. The maximum atomic E-state index is 12.5. The van der Waals surface area contributed by atoms with E-state index in [0.29, 0.717) is 11.6 Å². The molecular weight excluding hydrogens is 284 g/mol. The van der Waals surface area contributed by atoms with Gasteiger partial charge in [0.25, 0.3) is 5.91 Å². The van der Waals surface area contributed by atoms with Crippen LogP contribution in [0.2, 0.25) is 0 Å². The van der Waals surface area contributed by atoms with Crippen LogP contribution in [0.3, 0.4) is 0 Å². The Balaban J connectivity index is 1.73. The average molecular weight is 302 g/mol. The lowest BCUT2D eigenvalue weighted by Crippen LogP contribution is -2.39. The van der Waals surface area contributed by atoms with E-state index in [-0.39, 0.29) is 5.91 Å². The van der Waals surface area contributed by atoms with Crippen LogP contribution in [-0.4, -0.2) is 38.8 Å². The van der Waals surface area contributed by atoms with Crippen molar-refractivity contribution in [2.24, 2.45) is 0 Å². The number of carbonyl (C=O) groups is 1. The lowest BCUT2D eigenvalue weighted by molar-refractivity contribution is 0.0700. The van der Waals surface area contributed by atoms with Crippen LogP contribution in [0.5, 0.6) is 0 Å². The van der Waals surface area contributed by atoms with E-state index in [9.17, 15) is 4.79 Å². The van der Waals surface area contributed by atoms with Crippen LogP contribution in [0, 0.1) is 13.8 Å². The van der Waals surface area contributed by atoms with Crippen molar-refractivity contribution in [3.05, 3.63) is 39.9 Å². The fourth-order valence-corrected chi connectivity index (χ4v) is 3.49. The highest BCUT2D eigenvalue weighted by Gasteiger charge is 2.27. The summed E-state index contributed by atoms with van der Waals surface area (Å²) in [7, 11) is 0. The summed E-state index contributed by atoms with van der Waals surface area (Å²) < 4.78 is 0. The van der Waals surface area contributed by atoms with Crippen molar-refractivity contribution in [1.29, 1.82) is 0 Å². The number of thiazole rings is 1. The molecule has 110 valence electrons. The molecule has 1 fully saturated rings. The summed E-state index contributed by atoms with van der Waals surface area (Å²) in [5.74, 6) is 0.320. The first-order valence-electron chi connectivity index (χ1n) is 7.14. The summed E-state index contributed by atoms with van der Waals surface area (Å²) in [6, 6.07) is 0. The molecule has 0 radical (unpaired) electrons.